The lowest BCUT2D eigenvalue weighted by atomic mass is 9.95. The van der Waals surface area contributed by atoms with E-state index in [9.17, 15) is 19.2 Å². The van der Waals surface area contributed by atoms with Crippen molar-refractivity contribution >= 4 is 84.7 Å². The lowest BCUT2D eigenvalue weighted by Gasteiger charge is -2.14. The molecule has 5 rings (SSSR count). The number of carbonyl (C=O) groups is 4. The Hall–Kier alpha value is -3.32. The van der Waals surface area contributed by atoms with Crippen LogP contribution in [0.5, 0.6) is 11.5 Å². The van der Waals surface area contributed by atoms with E-state index < -0.39 is 29.6 Å². The summed E-state index contributed by atoms with van der Waals surface area (Å²) in [6, 6.07) is 10.8. The van der Waals surface area contributed by atoms with Gasteiger partial charge in [0.2, 0.25) is 5.91 Å². The van der Waals surface area contributed by atoms with E-state index in [1.165, 1.54) is 18.4 Å². The van der Waals surface area contributed by atoms with Gasteiger partial charge in [-0.15, -0.1) is 11.3 Å². The highest BCUT2D eigenvalue weighted by Gasteiger charge is 2.37. The number of methoxy groups -OCH3 is 1. The fourth-order valence-electron chi connectivity index (χ4n) is 4.90. The van der Waals surface area contributed by atoms with Crippen LogP contribution in [0.25, 0.3) is 6.08 Å². The molecule has 0 atom stereocenters. The van der Waals surface area contributed by atoms with Crippen molar-refractivity contribution in [3.8, 4) is 11.5 Å². The molecular formula is C31H28BrClN2O7S2. The maximum Gasteiger partial charge on any atom is 0.341 e. The van der Waals surface area contributed by atoms with Crippen LogP contribution < -0.4 is 14.8 Å². The Morgan fingerprint density at radius 3 is 2.68 bits per heavy atom. The zero-order valence-electron chi connectivity index (χ0n) is 23.9. The van der Waals surface area contributed by atoms with Crippen molar-refractivity contribution in [1.29, 1.82) is 0 Å². The number of carbonyl (C=O) groups excluding carboxylic acids is 4. The van der Waals surface area contributed by atoms with Crippen LogP contribution >= 0.6 is 50.6 Å². The third kappa shape index (κ3) is 6.98. The highest BCUT2D eigenvalue weighted by Crippen LogP contribution is 2.41. The molecule has 9 nitrogen and oxygen atoms in total. The maximum absolute atomic E-state index is 13.2. The second-order valence-corrected chi connectivity index (χ2v) is 13.2. The number of hydrogen-bond donors (Lipinski definition) is 1. The van der Waals surface area contributed by atoms with Crippen molar-refractivity contribution in [1.82, 2.24) is 4.90 Å². The predicted octanol–water partition coefficient (Wildman–Crippen LogP) is 7.48. The number of hydrogen-bond acceptors (Lipinski definition) is 9. The van der Waals surface area contributed by atoms with Gasteiger partial charge in [0.05, 0.1) is 28.7 Å². The molecule has 230 valence electrons. The zero-order valence-corrected chi connectivity index (χ0v) is 27.8. The predicted molar refractivity (Wildman–Crippen MR) is 175 cm³/mol. The summed E-state index contributed by atoms with van der Waals surface area (Å²) in [4.78, 5) is 53.9. The summed E-state index contributed by atoms with van der Waals surface area (Å²) in [5.74, 6) is -0.806. The highest BCUT2D eigenvalue weighted by molar-refractivity contribution is 9.10. The van der Waals surface area contributed by atoms with Crippen LogP contribution in [-0.4, -0.2) is 48.2 Å². The average Bonchev–Trinajstić information content (AvgIpc) is 3.48. The molecule has 1 aliphatic carbocycles. The Kier molecular flexibility index (Phi) is 10.3. The van der Waals surface area contributed by atoms with Crippen LogP contribution in [0.15, 0.2) is 45.8 Å². The second-order valence-electron chi connectivity index (χ2n) is 9.87. The van der Waals surface area contributed by atoms with Crippen molar-refractivity contribution in [2.24, 2.45) is 0 Å². The quantitative estimate of drug-likeness (QED) is 0.170. The van der Waals surface area contributed by atoms with Crippen molar-refractivity contribution in [2.45, 2.75) is 39.2 Å². The highest BCUT2D eigenvalue weighted by atomic mass is 79.9. The van der Waals surface area contributed by atoms with Crippen molar-refractivity contribution in [3.05, 3.63) is 77.9 Å². The molecule has 13 heteroatoms. The van der Waals surface area contributed by atoms with Gasteiger partial charge < -0.3 is 19.5 Å². The number of ether oxygens (including phenoxy) is 3. The maximum atomic E-state index is 13.2. The second kappa shape index (κ2) is 14.2. The van der Waals surface area contributed by atoms with Crippen LogP contribution in [0.4, 0.5) is 9.80 Å². The minimum Gasteiger partial charge on any atom is -0.493 e. The summed E-state index contributed by atoms with van der Waals surface area (Å²) in [7, 11) is 1.50. The van der Waals surface area contributed by atoms with Gasteiger partial charge >= 0.3 is 5.97 Å². The summed E-state index contributed by atoms with van der Waals surface area (Å²) in [5, 5.41) is 3.15. The fourth-order valence-corrected chi connectivity index (χ4v) is 7.80. The van der Waals surface area contributed by atoms with Gasteiger partial charge in [0.25, 0.3) is 11.1 Å². The van der Waals surface area contributed by atoms with Crippen molar-refractivity contribution < 1.29 is 33.4 Å². The number of esters is 1. The molecule has 0 bridgehead atoms. The topological polar surface area (TPSA) is 111 Å². The number of thioether (sulfide) groups is 1. The number of nitrogens with zero attached hydrogens (tertiary/aromatic N) is 1. The summed E-state index contributed by atoms with van der Waals surface area (Å²) >= 11 is 11.8. The number of rotatable bonds is 10. The van der Waals surface area contributed by atoms with Gasteiger partial charge in [-0.05, 0) is 95.7 Å². The molecule has 1 aromatic heterocycles. The molecule has 2 heterocycles. The number of amides is 3. The molecule has 2 aromatic carbocycles. The van der Waals surface area contributed by atoms with Crippen LogP contribution in [0.1, 0.15) is 51.7 Å². The first kappa shape index (κ1) is 32.1. The summed E-state index contributed by atoms with van der Waals surface area (Å²) < 4.78 is 17.3. The molecule has 0 saturated carbocycles. The van der Waals surface area contributed by atoms with E-state index in [2.05, 4.69) is 21.2 Å². The molecule has 0 spiro atoms. The number of thiophene rings is 1. The molecule has 2 aliphatic rings. The minimum atomic E-state index is -0.597. The van der Waals surface area contributed by atoms with Gasteiger partial charge in [-0.2, -0.15) is 0 Å². The smallest absolute Gasteiger partial charge is 0.341 e. The van der Waals surface area contributed by atoms with Gasteiger partial charge in [0.15, 0.2) is 11.5 Å². The summed E-state index contributed by atoms with van der Waals surface area (Å²) in [5.41, 5.74) is 2.66. The summed E-state index contributed by atoms with van der Waals surface area (Å²) in [6.45, 7) is 1.65. The van der Waals surface area contributed by atoms with E-state index in [-0.39, 0.29) is 18.1 Å². The van der Waals surface area contributed by atoms with E-state index in [1.807, 2.05) is 18.2 Å². The molecule has 1 N–H and O–H groups in total. The molecular weight excluding hydrogens is 692 g/mol. The number of nitrogens with one attached hydrogen (secondary N) is 1. The van der Waals surface area contributed by atoms with Crippen LogP contribution in [0, 0.1) is 0 Å². The van der Waals surface area contributed by atoms with E-state index in [0.29, 0.717) is 37.1 Å². The average molecular weight is 720 g/mol. The Bertz CT molecular complexity index is 1670. The SMILES string of the molecule is CCOC(=O)c1c(NC(=O)CN2C(=O)S/C(=C\c3cc(Br)c(OCc4ccccc4Cl)c(OC)c3)C2=O)sc2c1CCCC2. The summed E-state index contributed by atoms with van der Waals surface area (Å²) in [6.07, 6.45) is 5.07. The minimum absolute atomic E-state index is 0.153. The first-order valence-corrected chi connectivity index (χ1v) is 16.6. The number of anilines is 1. The van der Waals surface area contributed by atoms with Crippen LogP contribution in [-0.2, 0) is 33.8 Å². The Balaban J connectivity index is 1.29. The van der Waals surface area contributed by atoms with Gasteiger partial charge in [0.1, 0.15) is 18.2 Å². The third-order valence-electron chi connectivity index (χ3n) is 6.96. The first-order valence-electron chi connectivity index (χ1n) is 13.8. The van der Waals surface area contributed by atoms with Gasteiger partial charge in [-0.25, -0.2) is 4.79 Å². The van der Waals surface area contributed by atoms with Crippen molar-refractivity contribution in [2.75, 3.05) is 25.6 Å². The molecule has 1 saturated heterocycles. The third-order valence-corrected chi connectivity index (χ3v) is 10.0. The zero-order chi connectivity index (χ0) is 31.4. The molecule has 1 fully saturated rings. The first-order chi connectivity index (χ1) is 21.2. The van der Waals surface area contributed by atoms with E-state index in [0.717, 1.165) is 58.3 Å². The lowest BCUT2D eigenvalue weighted by molar-refractivity contribution is -0.127. The molecule has 0 radical (unpaired) electrons. The monoisotopic (exact) mass is 718 g/mol. The Labute approximate surface area is 276 Å². The normalized spacial score (nSPS) is 15.4. The van der Waals surface area contributed by atoms with E-state index in [4.69, 9.17) is 25.8 Å². The van der Waals surface area contributed by atoms with Crippen LogP contribution in [0.2, 0.25) is 5.02 Å². The molecule has 3 aromatic rings. The van der Waals surface area contributed by atoms with E-state index >= 15 is 0 Å². The number of aryl methyl sites for hydroxylation is 1. The fraction of sp³-hybridized carbons (Fsp3) is 0.290. The molecule has 0 unspecified atom stereocenters. The lowest BCUT2D eigenvalue weighted by Crippen LogP contribution is -2.36. The van der Waals surface area contributed by atoms with Crippen LogP contribution in [0.3, 0.4) is 0 Å². The largest absolute Gasteiger partial charge is 0.493 e. The molecule has 1 aliphatic heterocycles. The molecule has 44 heavy (non-hydrogen) atoms. The Morgan fingerprint density at radius 2 is 1.93 bits per heavy atom. The number of benzene rings is 2. The van der Waals surface area contributed by atoms with Gasteiger partial charge in [-0.1, -0.05) is 29.8 Å². The van der Waals surface area contributed by atoms with Gasteiger partial charge in [0, 0.05) is 15.5 Å². The number of halogens is 2. The number of fused-ring (bicyclic) bond motifs is 1. The molecule has 3 amide bonds. The Morgan fingerprint density at radius 1 is 1.16 bits per heavy atom. The van der Waals surface area contributed by atoms with Gasteiger partial charge in [-0.3, -0.25) is 19.3 Å². The van der Waals surface area contributed by atoms with E-state index in [1.54, 1.807) is 31.2 Å². The van der Waals surface area contributed by atoms with Crippen molar-refractivity contribution in [3.63, 3.8) is 0 Å². The number of imide groups is 1. The standard InChI is InChI=1S/C31H28BrClN2O7S2/c1-3-41-30(38)26-19-9-5-7-11-23(19)43-28(26)34-25(36)15-35-29(37)24(44-31(35)39)14-17-12-20(32)27(22(13-17)40-2)42-16-18-8-4-6-10-21(18)33/h4,6,8,10,12-14H,3,5,7,9,11,15-16H2,1-2H3,(H,34,36)/b24-14-.